The second kappa shape index (κ2) is 9.01. The minimum atomic E-state index is -3.78. The fourth-order valence-electron chi connectivity index (χ4n) is 2.57. The summed E-state index contributed by atoms with van der Waals surface area (Å²) < 4.78 is 28.6. The average Bonchev–Trinajstić information content (AvgIpc) is 3.09. The maximum Gasteiger partial charge on any atom is 0.242 e. The first-order chi connectivity index (χ1) is 13.5. The Balaban J connectivity index is 1.54. The van der Waals surface area contributed by atoms with Crippen LogP contribution in [0.2, 0.25) is 5.02 Å². The van der Waals surface area contributed by atoms with Crippen molar-refractivity contribution in [1.82, 2.24) is 14.5 Å². The zero-order chi connectivity index (χ0) is 20.0. The molecule has 0 radical (unpaired) electrons. The number of halogens is 1. The predicted octanol–water partition coefficient (Wildman–Crippen LogP) is 2.89. The van der Waals surface area contributed by atoms with E-state index >= 15 is 0 Å². The van der Waals surface area contributed by atoms with Crippen LogP contribution in [0.15, 0.2) is 71.8 Å². The molecule has 0 atom stereocenters. The summed E-state index contributed by atoms with van der Waals surface area (Å²) in [6.45, 7) is 0.467. The van der Waals surface area contributed by atoms with Crippen LogP contribution in [0, 0.1) is 0 Å². The van der Waals surface area contributed by atoms with Gasteiger partial charge in [0.1, 0.15) is 10.7 Å². The lowest BCUT2D eigenvalue weighted by molar-refractivity contribution is -0.116. The molecule has 0 aliphatic rings. The van der Waals surface area contributed by atoms with E-state index in [1.807, 2.05) is 30.3 Å². The van der Waals surface area contributed by atoms with Gasteiger partial charge in [-0.2, -0.15) is 5.10 Å². The highest BCUT2D eigenvalue weighted by Crippen LogP contribution is 2.20. The average molecular weight is 419 g/mol. The molecule has 2 aromatic carbocycles. The summed E-state index contributed by atoms with van der Waals surface area (Å²) in [5, 5.41) is 7.09. The van der Waals surface area contributed by atoms with Crippen LogP contribution < -0.4 is 10.0 Å². The highest BCUT2D eigenvalue weighted by atomic mass is 35.5. The fourth-order valence-corrected chi connectivity index (χ4v) is 4.12. The number of amides is 1. The van der Waals surface area contributed by atoms with Gasteiger partial charge >= 0.3 is 0 Å². The Morgan fingerprint density at radius 3 is 2.50 bits per heavy atom. The minimum absolute atomic E-state index is 0.0157. The monoisotopic (exact) mass is 418 g/mol. The molecule has 146 valence electrons. The van der Waals surface area contributed by atoms with E-state index in [4.69, 9.17) is 11.6 Å². The number of nitrogens with zero attached hydrogens (tertiary/aromatic N) is 2. The minimum Gasteiger partial charge on any atom is -0.311 e. The van der Waals surface area contributed by atoms with Gasteiger partial charge in [0.2, 0.25) is 15.9 Å². The van der Waals surface area contributed by atoms with Crippen molar-refractivity contribution in [2.45, 2.75) is 17.9 Å². The number of nitrogens with one attached hydrogen (secondary N) is 2. The molecule has 0 aliphatic heterocycles. The molecule has 0 spiro atoms. The van der Waals surface area contributed by atoms with Gasteiger partial charge in [-0.15, -0.1) is 0 Å². The Labute approximate surface area is 168 Å². The van der Waals surface area contributed by atoms with Gasteiger partial charge < -0.3 is 5.32 Å². The van der Waals surface area contributed by atoms with E-state index in [1.165, 1.54) is 12.1 Å². The molecule has 0 unspecified atom stereocenters. The maximum atomic E-state index is 12.3. The topological polar surface area (TPSA) is 93.1 Å². The lowest BCUT2D eigenvalue weighted by atomic mass is 10.2. The lowest BCUT2D eigenvalue weighted by Crippen LogP contribution is -2.28. The van der Waals surface area contributed by atoms with Gasteiger partial charge in [-0.25, -0.2) is 17.8 Å². The van der Waals surface area contributed by atoms with Gasteiger partial charge in [0.15, 0.2) is 0 Å². The molecule has 0 aliphatic carbocycles. The number of rotatable bonds is 8. The summed E-state index contributed by atoms with van der Waals surface area (Å²) in [4.78, 5) is 12.2. The molecule has 28 heavy (non-hydrogen) atoms. The fraction of sp³-hybridized carbons (Fsp3) is 0.158. The number of benzene rings is 2. The molecule has 1 amide bonds. The molecule has 2 N–H and O–H groups in total. The van der Waals surface area contributed by atoms with E-state index in [2.05, 4.69) is 15.1 Å². The van der Waals surface area contributed by atoms with Crippen molar-refractivity contribution in [3.63, 3.8) is 0 Å². The van der Waals surface area contributed by atoms with E-state index in [0.29, 0.717) is 12.4 Å². The van der Waals surface area contributed by atoms with Crippen LogP contribution >= 0.6 is 11.6 Å². The summed E-state index contributed by atoms with van der Waals surface area (Å²) in [7, 11) is -3.78. The normalized spacial score (nSPS) is 11.3. The number of hydrogen-bond acceptors (Lipinski definition) is 4. The zero-order valence-corrected chi connectivity index (χ0v) is 16.4. The van der Waals surface area contributed by atoms with Crippen LogP contribution in [0.4, 0.5) is 5.82 Å². The van der Waals surface area contributed by atoms with Crippen molar-refractivity contribution in [2.24, 2.45) is 0 Å². The molecule has 0 saturated heterocycles. The van der Waals surface area contributed by atoms with Gasteiger partial charge in [-0.05, 0) is 17.7 Å². The molecule has 3 rings (SSSR count). The first-order valence-corrected chi connectivity index (χ1v) is 10.4. The first-order valence-electron chi connectivity index (χ1n) is 8.55. The van der Waals surface area contributed by atoms with Crippen LogP contribution in [0.5, 0.6) is 0 Å². The Hall–Kier alpha value is -2.68. The Morgan fingerprint density at radius 2 is 1.75 bits per heavy atom. The third-order valence-electron chi connectivity index (χ3n) is 3.93. The Kier molecular flexibility index (Phi) is 6.45. The third kappa shape index (κ3) is 5.19. The lowest BCUT2D eigenvalue weighted by Gasteiger charge is -2.10. The van der Waals surface area contributed by atoms with Crippen molar-refractivity contribution in [1.29, 1.82) is 0 Å². The van der Waals surface area contributed by atoms with Crippen LogP contribution in [0.1, 0.15) is 12.0 Å². The molecule has 9 heteroatoms. The van der Waals surface area contributed by atoms with Crippen LogP contribution in [0.25, 0.3) is 0 Å². The van der Waals surface area contributed by atoms with E-state index in [-0.39, 0.29) is 28.8 Å². The number of carbonyl (C=O) groups is 1. The molecule has 0 fully saturated rings. The summed E-state index contributed by atoms with van der Waals surface area (Å²) in [5.41, 5.74) is 1.05. The molecular formula is C19H19ClN4O3S. The van der Waals surface area contributed by atoms with Crippen molar-refractivity contribution in [3.05, 3.63) is 77.4 Å². The van der Waals surface area contributed by atoms with Crippen molar-refractivity contribution in [2.75, 3.05) is 11.9 Å². The SMILES string of the molecule is O=C(CCNS(=O)(=O)c1ccccc1Cl)Nc1ccnn1Cc1ccccc1. The van der Waals surface area contributed by atoms with E-state index in [0.717, 1.165) is 5.56 Å². The summed E-state index contributed by atoms with van der Waals surface area (Å²) in [6.07, 6.45) is 1.57. The van der Waals surface area contributed by atoms with Gasteiger partial charge in [-0.3, -0.25) is 4.79 Å². The number of hydrogen-bond donors (Lipinski definition) is 2. The smallest absolute Gasteiger partial charge is 0.242 e. The van der Waals surface area contributed by atoms with Crippen molar-refractivity contribution in [3.8, 4) is 0 Å². The summed E-state index contributed by atoms with van der Waals surface area (Å²) in [6, 6.07) is 17.6. The number of anilines is 1. The molecule has 1 aromatic heterocycles. The number of carbonyl (C=O) groups excluding carboxylic acids is 1. The number of aromatic nitrogens is 2. The van der Waals surface area contributed by atoms with Gasteiger partial charge in [0, 0.05) is 19.0 Å². The first kappa shape index (κ1) is 20.1. The third-order valence-corrected chi connectivity index (χ3v) is 5.89. The van der Waals surface area contributed by atoms with E-state index in [1.54, 1.807) is 29.1 Å². The van der Waals surface area contributed by atoms with Gasteiger partial charge in [0.05, 0.1) is 17.8 Å². The standard InChI is InChI=1S/C19H19ClN4O3S/c20-16-8-4-5-9-17(16)28(26,27)22-13-11-19(25)23-18-10-12-21-24(18)14-15-6-2-1-3-7-15/h1-10,12,22H,11,13-14H2,(H,23,25). The van der Waals surface area contributed by atoms with Crippen molar-refractivity contribution >= 4 is 33.3 Å². The van der Waals surface area contributed by atoms with E-state index < -0.39 is 10.0 Å². The molecule has 7 nitrogen and oxygen atoms in total. The van der Waals surface area contributed by atoms with Crippen LogP contribution in [0.3, 0.4) is 0 Å². The van der Waals surface area contributed by atoms with E-state index in [9.17, 15) is 13.2 Å². The van der Waals surface area contributed by atoms with Gasteiger partial charge in [0.25, 0.3) is 0 Å². The zero-order valence-electron chi connectivity index (χ0n) is 14.9. The Morgan fingerprint density at radius 1 is 1.04 bits per heavy atom. The van der Waals surface area contributed by atoms with Crippen LogP contribution in [-0.4, -0.2) is 30.7 Å². The quantitative estimate of drug-likeness (QED) is 0.588. The van der Waals surface area contributed by atoms with Crippen LogP contribution in [-0.2, 0) is 21.4 Å². The van der Waals surface area contributed by atoms with Crippen molar-refractivity contribution < 1.29 is 13.2 Å². The predicted molar refractivity (Wildman–Crippen MR) is 108 cm³/mol. The molecule has 0 bridgehead atoms. The second-order valence-corrected chi connectivity index (χ2v) is 8.13. The highest BCUT2D eigenvalue weighted by molar-refractivity contribution is 7.89. The molecule has 3 aromatic rings. The summed E-state index contributed by atoms with van der Waals surface area (Å²) >= 11 is 5.92. The largest absolute Gasteiger partial charge is 0.311 e. The molecular weight excluding hydrogens is 400 g/mol. The highest BCUT2D eigenvalue weighted by Gasteiger charge is 2.17. The Bertz CT molecular complexity index is 1050. The van der Waals surface area contributed by atoms with Gasteiger partial charge in [-0.1, -0.05) is 54.1 Å². The second-order valence-electron chi connectivity index (χ2n) is 5.99. The summed E-state index contributed by atoms with van der Waals surface area (Å²) in [5.74, 6) is 0.222. The molecule has 1 heterocycles. The molecule has 0 saturated carbocycles. The maximum absolute atomic E-state index is 12.3. The number of sulfonamides is 1.